The summed E-state index contributed by atoms with van der Waals surface area (Å²) >= 11 is 0. The highest BCUT2D eigenvalue weighted by atomic mass is 15.1. The van der Waals surface area contributed by atoms with E-state index in [1.54, 1.807) is 38.4 Å². The molecule has 0 heterocycles. The topological polar surface area (TPSA) is 49.1 Å². The number of hydrogen-bond donors (Lipinski definition) is 1. The van der Waals surface area contributed by atoms with E-state index in [2.05, 4.69) is 77.8 Å². The molecule has 1 atom stereocenters. The Morgan fingerprint density at radius 3 is 2.34 bits per heavy atom. The van der Waals surface area contributed by atoms with Gasteiger partial charge in [-0.1, -0.05) is 62.1 Å². The maximum absolute atomic E-state index is 5.53. The molecule has 0 aliphatic heterocycles. The lowest BCUT2D eigenvalue weighted by Gasteiger charge is -2.23. The van der Waals surface area contributed by atoms with Gasteiger partial charge in [0.05, 0.1) is 5.71 Å². The van der Waals surface area contributed by atoms with Gasteiger partial charge in [-0.15, -0.1) is 6.42 Å². The van der Waals surface area contributed by atoms with Gasteiger partial charge in [0.2, 0.25) is 0 Å². The minimum atomic E-state index is -0.414. The van der Waals surface area contributed by atoms with Crippen molar-refractivity contribution in [2.24, 2.45) is 15.0 Å². The standard InChI is InChI=1S/C31H36N4/c1-11-16-19-27-23(7)29(32-8)25(15-5)21-28(27)26(18-13-3)20-22(6)30(33-9)35-31(34-10)24(14-4)17-12-2/h1,12-21,31H,2-4,10H2,5-9H3,(H,33,35)/b19-16-,22-20+,24-17+,25-15-,26-18+,32-29?. The molecule has 0 aromatic rings. The highest BCUT2D eigenvalue weighted by molar-refractivity contribution is 6.16. The first-order valence-corrected chi connectivity index (χ1v) is 11.2. The summed E-state index contributed by atoms with van der Waals surface area (Å²) in [7, 11) is 3.53. The van der Waals surface area contributed by atoms with E-state index >= 15 is 0 Å². The lowest BCUT2D eigenvalue weighted by molar-refractivity contribution is 0.746. The van der Waals surface area contributed by atoms with Crippen LogP contribution in [0.2, 0.25) is 0 Å². The first-order chi connectivity index (χ1) is 16.9. The van der Waals surface area contributed by atoms with Crippen molar-refractivity contribution in [3.63, 3.8) is 0 Å². The smallest absolute Gasteiger partial charge is 0.145 e. The summed E-state index contributed by atoms with van der Waals surface area (Å²) in [6.07, 6.45) is 24.0. The van der Waals surface area contributed by atoms with Crippen molar-refractivity contribution in [3.8, 4) is 12.3 Å². The van der Waals surface area contributed by atoms with Gasteiger partial charge in [-0.3, -0.25) is 15.0 Å². The number of nitrogens with one attached hydrogen (secondary N) is 1. The van der Waals surface area contributed by atoms with Crippen LogP contribution in [0.15, 0.2) is 134 Å². The van der Waals surface area contributed by atoms with Gasteiger partial charge in [-0.05, 0) is 90.8 Å². The molecule has 0 aromatic heterocycles. The second-order valence-corrected chi connectivity index (χ2v) is 7.51. The van der Waals surface area contributed by atoms with E-state index < -0.39 is 6.17 Å². The number of amidine groups is 1. The van der Waals surface area contributed by atoms with E-state index in [9.17, 15) is 0 Å². The third kappa shape index (κ3) is 7.38. The summed E-state index contributed by atoms with van der Waals surface area (Å²) in [5, 5.41) is 3.34. The highest BCUT2D eigenvalue weighted by Gasteiger charge is 2.21. The molecule has 0 aromatic carbocycles. The van der Waals surface area contributed by atoms with Crippen LogP contribution in [-0.4, -0.2) is 38.5 Å². The van der Waals surface area contributed by atoms with E-state index in [1.165, 1.54) is 0 Å². The molecule has 180 valence electrons. The van der Waals surface area contributed by atoms with Gasteiger partial charge in [0.15, 0.2) is 0 Å². The first kappa shape index (κ1) is 28.8. The van der Waals surface area contributed by atoms with Crippen LogP contribution in [0.1, 0.15) is 20.8 Å². The Morgan fingerprint density at radius 1 is 1.17 bits per heavy atom. The second-order valence-electron chi connectivity index (χ2n) is 7.51. The Hall–Kier alpha value is -4.23. The van der Waals surface area contributed by atoms with Gasteiger partial charge < -0.3 is 5.32 Å². The molecule has 4 heteroatoms. The predicted octanol–water partition coefficient (Wildman–Crippen LogP) is 6.45. The van der Waals surface area contributed by atoms with Crippen LogP contribution in [0.4, 0.5) is 0 Å². The van der Waals surface area contributed by atoms with E-state index in [4.69, 9.17) is 6.42 Å². The summed E-state index contributed by atoms with van der Waals surface area (Å²) in [5.41, 5.74) is 7.76. The summed E-state index contributed by atoms with van der Waals surface area (Å²) < 4.78 is 0. The Labute approximate surface area is 211 Å². The molecule has 0 saturated heterocycles. The number of rotatable bonds is 10. The van der Waals surface area contributed by atoms with Gasteiger partial charge in [0.1, 0.15) is 12.0 Å². The van der Waals surface area contributed by atoms with Crippen LogP contribution < -0.4 is 5.32 Å². The van der Waals surface area contributed by atoms with Gasteiger partial charge >= 0.3 is 0 Å². The Balaban J connectivity index is 3.65. The van der Waals surface area contributed by atoms with Crippen molar-refractivity contribution >= 4 is 18.3 Å². The van der Waals surface area contributed by atoms with Crippen LogP contribution in [0.5, 0.6) is 0 Å². The van der Waals surface area contributed by atoms with Crippen LogP contribution in [0.3, 0.4) is 0 Å². The maximum atomic E-state index is 5.53. The molecule has 1 rings (SSSR count). The highest BCUT2D eigenvalue weighted by Crippen LogP contribution is 2.33. The van der Waals surface area contributed by atoms with E-state index in [0.717, 1.165) is 44.7 Å². The zero-order valence-electron chi connectivity index (χ0n) is 21.6. The van der Waals surface area contributed by atoms with Crippen molar-refractivity contribution in [1.29, 1.82) is 0 Å². The molecule has 0 spiro atoms. The average molecular weight is 465 g/mol. The number of allylic oxidation sites excluding steroid dienone is 14. The van der Waals surface area contributed by atoms with Gasteiger partial charge in [0.25, 0.3) is 0 Å². The molecule has 0 amide bonds. The SMILES string of the molecule is C#C/C=C\C1=C(C)C(=NC)/C(=C\C)C=C1C(/C=C(\C)C(=NC)NC(N=C)/C(C=C)=C/C=C)=C/C=C. The third-order valence-corrected chi connectivity index (χ3v) is 5.40. The number of terminal acetylenes is 1. The minimum absolute atomic E-state index is 0.414. The molecule has 0 fully saturated rings. The average Bonchev–Trinajstić information content (AvgIpc) is 2.86. The quantitative estimate of drug-likeness (QED) is 0.172. The van der Waals surface area contributed by atoms with Crippen LogP contribution in [0.25, 0.3) is 0 Å². The minimum Gasteiger partial charge on any atom is -0.345 e. The molecule has 0 bridgehead atoms. The molecule has 35 heavy (non-hydrogen) atoms. The molecule has 1 aliphatic rings. The van der Waals surface area contributed by atoms with Crippen molar-refractivity contribution in [2.45, 2.75) is 26.9 Å². The molecule has 1 unspecified atom stereocenters. The first-order valence-electron chi connectivity index (χ1n) is 11.2. The fraction of sp³-hybridized carbons (Fsp3) is 0.194. The van der Waals surface area contributed by atoms with Crippen molar-refractivity contribution in [2.75, 3.05) is 14.1 Å². The van der Waals surface area contributed by atoms with Gasteiger partial charge in [-0.2, -0.15) is 0 Å². The number of hydrogen-bond acceptors (Lipinski definition) is 3. The third-order valence-electron chi connectivity index (χ3n) is 5.40. The largest absolute Gasteiger partial charge is 0.345 e. The number of nitrogens with zero attached hydrogens (tertiary/aromatic N) is 3. The molecule has 1 N–H and O–H groups in total. The molecule has 1 aliphatic carbocycles. The van der Waals surface area contributed by atoms with Gasteiger partial charge in [-0.25, -0.2) is 0 Å². The molecular weight excluding hydrogens is 428 g/mol. The maximum Gasteiger partial charge on any atom is 0.145 e. The Kier molecular flexibility index (Phi) is 12.2. The van der Waals surface area contributed by atoms with Crippen molar-refractivity contribution in [1.82, 2.24) is 5.32 Å². The van der Waals surface area contributed by atoms with E-state index in [-0.39, 0.29) is 0 Å². The van der Waals surface area contributed by atoms with Crippen molar-refractivity contribution < 1.29 is 0 Å². The molecule has 0 saturated carbocycles. The van der Waals surface area contributed by atoms with E-state index in [0.29, 0.717) is 5.84 Å². The lowest BCUT2D eigenvalue weighted by atomic mass is 9.82. The molecule has 4 nitrogen and oxygen atoms in total. The number of aliphatic imine (C=N–C) groups is 3. The summed E-state index contributed by atoms with van der Waals surface area (Å²) in [5.74, 6) is 3.27. The zero-order chi connectivity index (χ0) is 26.4. The lowest BCUT2D eigenvalue weighted by Crippen LogP contribution is -2.35. The fourth-order valence-corrected chi connectivity index (χ4v) is 3.72. The zero-order valence-corrected chi connectivity index (χ0v) is 21.6. The monoisotopic (exact) mass is 464 g/mol. The van der Waals surface area contributed by atoms with Crippen molar-refractivity contribution in [3.05, 3.63) is 120 Å². The summed E-state index contributed by atoms with van der Waals surface area (Å²) in [6.45, 7) is 21.3. The van der Waals surface area contributed by atoms with Gasteiger partial charge in [0, 0.05) is 14.1 Å². The normalized spacial score (nSPS) is 18.9. The second kappa shape index (κ2) is 14.8. The van der Waals surface area contributed by atoms with Crippen LogP contribution >= 0.6 is 0 Å². The van der Waals surface area contributed by atoms with E-state index in [1.807, 2.05) is 32.1 Å². The summed E-state index contributed by atoms with van der Waals surface area (Å²) in [4.78, 5) is 13.2. The van der Waals surface area contributed by atoms with Crippen LogP contribution in [0, 0.1) is 12.3 Å². The molecular formula is C31H36N4. The molecule has 0 radical (unpaired) electrons. The van der Waals surface area contributed by atoms with Crippen LogP contribution in [-0.2, 0) is 0 Å². The Bertz CT molecular complexity index is 1180. The Morgan fingerprint density at radius 2 is 1.86 bits per heavy atom. The fourth-order valence-electron chi connectivity index (χ4n) is 3.72. The summed E-state index contributed by atoms with van der Waals surface area (Å²) in [6, 6.07) is 0. The predicted molar refractivity (Wildman–Crippen MR) is 156 cm³/mol.